The van der Waals surface area contributed by atoms with Gasteiger partial charge >= 0.3 is 0 Å². The summed E-state index contributed by atoms with van der Waals surface area (Å²) >= 11 is 5.93. The summed E-state index contributed by atoms with van der Waals surface area (Å²) in [5, 5.41) is 10.9. The number of aliphatic hydroxyl groups excluding tert-OH is 1. The highest BCUT2D eigenvalue weighted by atomic mass is 35.5. The molecule has 1 atom stereocenters. The molecule has 0 spiro atoms. The van der Waals surface area contributed by atoms with Crippen molar-refractivity contribution in [2.24, 2.45) is 5.92 Å². The lowest BCUT2D eigenvalue weighted by Crippen LogP contribution is -2.31. The largest absolute Gasteiger partial charge is 0.503 e. The molecule has 128 valence electrons. The molecule has 0 aliphatic carbocycles. The van der Waals surface area contributed by atoms with Crippen molar-refractivity contribution in [3.8, 4) is 0 Å². The van der Waals surface area contributed by atoms with E-state index in [1.54, 1.807) is 62.6 Å². The maximum atomic E-state index is 12.7. The number of pyridine rings is 1. The van der Waals surface area contributed by atoms with E-state index in [0.29, 0.717) is 16.3 Å². The van der Waals surface area contributed by atoms with Crippen LogP contribution in [0, 0.1) is 5.92 Å². The predicted molar refractivity (Wildman–Crippen MR) is 95.4 cm³/mol. The molecule has 5 nitrogen and oxygen atoms in total. The van der Waals surface area contributed by atoms with Crippen LogP contribution in [0.2, 0.25) is 5.02 Å². The van der Waals surface area contributed by atoms with Crippen LogP contribution in [0.25, 0.3) is 0 Å². The van der Waals surface area contributed by atoms with Gasteiger partial charge in [0.1, 0.15) is 0 Å². The first kappa shape index (κ1) is 17.2. The van der Waals surface area contributed by atoms with Crippen molar-refractivity contribution in [2.45, 2.75) is 19.9 Å². The molecule has 3 rings (SSSR count). The monoisotopic (exact) mass is 356 g/mol. The summed E-state index contributed by atoms with van der Waals surface area (Å²) in [6, 6.07) is 9.46. The number of rotatable bonds is 4. The van der Waals surface area contributed by atoms with Crippen LogP contribution in [0.3, 0.4) is 0 Å². The van der Waals surface area contributed by atoms with Crippen LogP contribution in [0.5, 0.6) is 0 Å². The van der Waals surface area contributed by atoms with E-state index in [1.807, 2.05) is 0 Å². The third kappa shape index (κ3) is 3.03. The maximum absolute atomic E-state index is 12.7. The number of carbonyl (C=O) groups is 2. The minimum atomic E-state index is -0.725. The van der Waals surface area contributed by atoms with E-state index in [9.17, 15) is 14.7 Å². The number of benzene rings is 1. The summed E-state index contributed by atoms with van der Waals surface area (Å²) in [5.74, 6) is -1.74. The Kier molecular flexibility index (Phi) is 4.59. The standard InChI is InChI=1S/C19H17ClN2O3/c1-11(2)17(23)15-16(12-4-3-9-21-10-12)22(19(25)18(15)24)14-7-5-13(20)6-8-14/h3-11,16,24H,1-2H3. The number of aromatic nitrogens is 1. The molecule has 1 unspecified atom stereocenters. The second-order valence-electron chi connectivity index (χ2n) is 6.12. The summed E-state index contributed by atoms with van der Waals surface area (Å²) in [4.78, 5) is 30.9. The molecule has 6 heteroatoms. The van der Waals surface area contributed by atoms with Gasteiger partial charge in [0.2, 0.25) is 0 Å². The van der Waals surface area contributed by atoms with Gasteiger partial charge in [-0.1, -0.05) is 31.5 Å². The Balaban J connectivity index is 2.17. The first-order valence-electron chi connectivity index (χ1n) is 7.88. The summed E-state index contributed by atoms with van der Waals surface area (Å²) in [6.07, 6.45) is 3.20. The Morgan fingerprint density at radius 2 is 1.92 bits per heavy atom. The lowest BCUT2D eigenvalue weighted by Gasteiger charge is -2.27. The van der Waals surface area contributed by atoms with Crippen LogP contribution in [-0.4, -0.2) is 21.8 Å². The molecule has 1 amide bonds. The first-order chi connectivity index (χ1) is 11.9. The topological polar surface area (TPSA) is 70.5 Å². The van der Waals surface area contributed by atoms with Crippen molar-refractivity contribution in [3.05, 3.63) is 70.7 Å². The van der Waals surface area contributed by atoms with Gasteiger partial charge in [0.05, 0.1) is 11.6 Å². The number of carbonyl (C=O) groups excluding carboxylic acids is 2. The van der Waals surface area contributed by atoms with Crippen LogP contribution in [-0.2, 0) is 9.59 Å². The number of hydrogen-bond donors (Lipinski definition) is 1. The van der Waals surface area contributed by atoms with Gasteiger partial charge in [0.25, 0.3) is 5.91 Å². The molecule has 0 radical (unpaired) electrons. The minimum absolute atomic E-state index is 0.1000. The Hall–Kier alpha value is -2.66. The van der Waals surface area contributed by atoms with E-state index in [1.165, 1.54) is 4.90 Å². The number of Topliss-reactive ketones (excluding diaryl/α,β-unsaturated/α-hetero) is 1. The zero-order valence-corrected chi connectivity index (χ0v) is 14.6. The Morgan fingerprint density at radius 1 is 1.24 bits per heavy atom. The second-order valence-corrected chi connectivity index (χ2v) is 6.56. The lowest BCUT2D eigenvalue weighted by molar-refractivity contribution is -0.119. The minimum Gasteiger partial charge on any atom is -0.503 e. The highest BCUT2D eigenvalue weighted by molar-refractivity contribution is 6.30. The van der Waals surface area contributed by atoms with Gasteiger partial charge < -0.3 is 5.11 Å². The van der Waals surface area contributed by atoms with E-state index < -0.39 is 17.7 Å². The van der Waals surface area contributed by atoms with E-state index in [4.69, 9.17) is 11.6 Å². The fourth-order valence-corrected chi connectivity index (χ4v) is 3.02. The van der Waals surface area contributed by atoms with Crippen molar-refractivity contribution in [1.82, 2.24) is 4.98 Å². The molecule has 1 N–H and O–H groups in total. The van der Waals surface area contributed by atoms with E-state index in [2.05, 4.69) is 4.98 Å². The van der Waals surface area contributed by atoms with Gasteiger partial charge in [-0.15, -0.1) is 0 Å². The van der Waals surface area contributed by atoms with E-state index in [-0.39, 0.29) is 17.3 Å². The fourth-order valence-electron chi connectivity index (χ4n) is 2.89. The number of anilines is 1. The van der Waals surface area contributed by atoms with Gasteiger partial charge in [-0.3, -0.25) is 19.5 Å². The highest BCUT2D eigenvalue weighted by Crippen LogP contribution is 2.41. The molecule has 0 saturated carbocycles. The van der Waals surface area contributed by atoms with Crippen molar-refractivity contribution in [1.29, 1.82) is 0 Å². The molecule has 1 aromatic heterocycles. The molecule has 0 fully saturated rings. The number of hydrogen-bond acceptors (Lipinski definition) is 4. The van der Waals surface area contributed by atoms with Crippen LogP contribution in [0.15, 0.2) is 60.1 Å². The van der Waals surface area contributed by atoms with Gasteiger partial charge in [0.15, 0.2) is 11.5 Å². The zero-order chi connectivity index (χ0) is 18.1. The van der Waals surface area contributed by atoms with Crippen LogP contribution in [0.1, 0.15) is 25.5 Å². The van der Waals surface area contributed by atoms with Crippen molar-refractivity contribution < 1.29 is 14.7 Å². The number of halogens is 1. The Morgan fingerprint density at radius 3 is 2.48 bits per heavy atom. The number of amides is 1. The van der Waals surface area contributed by atoms with Gasteiger partial charge in [0, 0.05) is 29.0 Å². The third-order valence-corrected chi connectivity index (χ3v) is 4.35. The van der Waals surface area contributed by atoms with Gasteiger partial charge in [-0.25, -0.2) is 0 Å². The van der Waals surface area contributed by atoms with Crippen molar-refractivity contribution >= 4 is 29.0 Å². The molecule has 25 heavy (non-hydrogen) atoms. The third-order valence-electron chi connectivity index (χ3n) is 4.10. The normalized spacial score (nSPS) is 17.5. The van der Waals surface area contributed by atoms with Crippen LogP contribution < -0.4 is 4.90 Å². The molecule has 1 aliphatic rings. The SMILES string of the molecule is CC(C)C(=O)C1=C(O)C(=O)N(c2ccc(Cl)cc2)C1c1cccnc1. The average molecular weight is 357 g/mol. The number of aliphatic hydroxyl groups is 1. The molecular formula is C19H17ClN2O3. The van der Waals surface area contributed by atoms with Gasteiger partial charge in [-0.05, 0) is 35.9 Å². The van der Waals surface area contributed by atoms with E-state index >= 15 is 0 Å². The second kappa shape index (κ2) is 6.69. The van der Waals surface area contributed by atoms with Gasteiger partial charge in [-0.2, -0.15) is 0 Å². The number of ketones is 1. The van der Waals surface area contributed by atoms with E-state index in [0.717, 1.165) is 0 Å². The predicted octanol–water partition coefficient (Wildman–Crippen LogP) is 3.86. The van der Waals surface area contributed by atoms with Crippen LogP contribution in [0.4, 0.5) is 5.69 Å². The molecule has 0 saturated heterocycles. The molecule has 1 aliphatic heterocycles. The Bertz CT molecular complexity index is 845. The maximum Gasteiger partial charge on any atom is 0.294 e. The number of nitrogens with zero attached hydrogens (tertiary/aromatic N) is 2. The smallest absolute Gasteiger partial charge is 0.294 e. The summed E-state index contributed by atoms with van der Waals surface area (Å²) in [5.41, 5.74) is 1.29. The quantitative estimate of drug-likeness (QED) is 0.903. The highest BCUT2D eigenvalue weighted by Gasteiger charge is 2.44. The molecule has 1 aromatic carbocycles. The fraction of sp³-hybridized carbons (Fsp3) is 0.211. The molecule has 2 aromatic rings. The average Bonchev–Trinajstić information content (AvgIpc) is 2.87. The lowest BCUT2D eigenvalue weighted by atomic mass is 9.92. The van der Waals surface area contributed by atoms with Crippen molar-refractivity contribution in [2.75, 3.05) is 4.90 Å². The zero-order valence-electron chi connectivity index (χ0n) is 13.8. The Labute approximate surface area is 150 Å². The first-order valence-corrected chi connectivity index (χ1v) is 8.26. The summed E-state index contributed by atoms with van der Waals surface area (Å²) in [6.45, 7) is 3.47. The van der Waals surface area contributed by atoms with Crippen LogP contribution >= 0.6 is 11.6 Å². The molecule has 2 heterocycles. The molecule has 0 bridgehead atoms. The summed E-state index contributed by atoms with van der Waals surface area (Å²) in [7, 11) is 0. The van der Waals surface area contributed by atoms with Crippen molar-refractivity contribution in [3.63, 3.8) is 0 Å². The molecular weight excluding hydrogens is 340 g/mol. The summed E-state index contributed by atoms with van der Waals surface area (Å²) < 4.78 is 0.